The number of amides is 2. The van der Waals surface area contributed by atoms with Crippen molar-refractivity contribution < 1.29 is 9.18 Å². The van der Waals surface area contributed by atoms with Crippen LogP contribution in [0.2, 0.25) is 0 Å². The third-order valence-electron chi connectivity index (χ3n) is 2.58. The second kappa shape index (κ2) is 7.08. The van der Waals surface area contributed by atoms with Crippen molar-refractivity contribution in [2.24, 2.45) is 5.73 Å². The zero-order valence-electron chi connectivity index (χ0n) is 11.2. The zero-order chi connectivity index (χ0) is 15.1. The third kappa shape index (κ3) is 4.34. The molecule has 0 aliphatic carbocycles. The van der Waals surface area contributed by atoms with E-state index in [0.29, 0.717) is 11.4 Å². The van der Waals surface area contributed by atoms with Crippen molar-refractivity contribution in [2.75, 3.05) is 17.2 Å². The Morgan fingerprint density at radius 3 is 2.52 bits per heavy atom. The van der Waals surface area contributed by atoms with Gasteiger partial charge in [0.25, 0.3) is 0 Å². The molecule has 0 unspecified atom stereocenters. The van der Waals surface area contributed by atoms with Crippen LogP contribution in [0.25, 0.3) is 0 Å². The molecular weight excluding hydrogens is 269 g/mol. The van der Waals surface area contributed by atoms with Crippen LogP contribution < -0.4 is 16.4 Å². The average Bonchev–Trinajstić information content (AvgIpc) is 2.48. The van der Waals surface area contributed by atoms with E-state index in [1.54, 1.807) is 12.1 Å². The fourth-order valence-electron chi connectivity index (χ4n) is 1.66. The minimum absolute atomic E-state index is 0.144. The maximum Gasteiger partial charge on any atom is 0.323 e. The van der Waals surface area contributed by atoms with Crippen LogP contribution in [-0.4, -0.2) is 12.6 Å². The Balaban J connectivity index is 2.07. The summed E-state index contributed by atoms with van der Waals surface area (Å²) in [5.41, 5.74) is 6.56. The summed E-state index contributed by atoms with van der Waals surface area (Å²) in [6.07, 6.45) is 0. The van der Waals surface area contributed by atoms with E-state index in [1.165, 1.54) is 18.2 Å². The molecule has 0 saturated heterocycles. The molecule has 0 fully saturated rings. The van der Waals surface area contributed by atoms with Crippen LogP contribution in [0.15, 0.2) is 48.5 Å². The number of hydrogen-bond donors (Lipinski definition) is 3. The van der Waals surface area contributed by atoms with Gasteiger partial charge in [-0.3, -0.25) is 0 Å². The largest absolute Gasteiger partial charge is 0.323 e. The Labute approximate surface area is 122 Å². The molecule has 0 aromatic heterocycles. The van der Waals surface area contributed by atoms with Crippen molar-refractivity contribution >= 4 is 17.4 Å². The normalized spacial score (nSPS) is 9.43. The van der Waals surface area contributed by atoms with Crippen LogP contribution in [0.5, 0.6) is 0 Å². The van der Waals surface area contributed by atoms with Crippen molar-refractivity contribution in [1.82, 2.24) is 0 Å². The van der Waals surface area contributed by atoms with Gasteiger partial charge in [0.1, 0.15) is 5.82 Å². The van der Waals surface area contributed by atoms with E-state index in [2.05, 4.69) is 22.5 Å². The number of urea groups is 1. The molecule has 5 heteroatoms. The van der Waals surface area contributed by atoms with Crippen LogP contribution in [0, 0.1) is 17.7 Å². The minimum atomic E-state index is -0.454. The summed E-state index contributed by atoms with van der Waals surface area (Å²) in [6.45, 7) is 0.144. The molecular formula is C16H14FN3O. The molecule has 0 atom stereocenters. The predicted molar refractivity (Wildman–Crippen MR) is 81.4 cm³/mol. The second-order valence-electron chi connectivity index (χ2n) is 4.15. The average molecular weight is 283 g/mol. The van der Waals surface area contributed by atoms with E-state index in [1.807, 2.05) is 18.2 Å². The van der Waals surface area contributed by atoms with Gasteiger partial charge in [-0.2, -0.15) is 0 Å². The van der Waals surface area contributed by atoms with E-state index in [-0.39, 0.29) is 12.1 Å². The summed E-state index contributed by atoms with van der Waals surface area (Å²) < 4.78 is 13.5. The number of anilines is 2. The van der Waals surface area contributed by atoms with Crippen LogP contribution in [0.4, 0.5) is 20.6 Å². The number of nitrogens with one attached hydrogen (secondary N) is 2. The molecule has 0 spiro atoms. The Bertz CT molecular complexity index is 690. The molecule has 0 radical (unpaired) electrons. The monoisotopic (exact) mass is 283 g/mol. The molecule has 106 valence electrons. The van der Waals surface area contributed by atoms with Gasteiger partial charge in [-0.1, -0.05) is 30.0 Å². The fraction of sp³-hybridized carbons (Fsp3) is 0.0625. The molecule has 4 nitrogen and oxygen atoms in total. The SMILES string of the molecule is NCC#Cc1cc(NC(=O)Nc2ccccc2)ccc1F. The lowest BCUT2D eigenvalue weighted by molar-refractivity contribution is 0.262. The molecule has 0 bridgehead atoms. The van der Waals surface area contributed by atoms with Crippen LogP contribution in [0.3, 0.4) is 0 Å². The maximum atomic E-state index is 13.5. The first-order valence-corrected chi connectivity index (χ1v) is 6.30. The van der Waals surface area contributed by atoms with Gasteiger partial charge >= 0.3 is 6.03 Å². The smallest absolute Gasteiger partial charge is 0.320 e. The zero-order valence-corrected chi connectivity index (χ0v) is 11.2. The van der Waals surface area contributed by atoms with Crippen LogP contribution in [0.1, 0.15) is 5.56 Å². The molecule has 0 aliphatic rings. The highest BCUT2D eigenvalue weighted by molar-refractivity contribution is 5.99. The van der Waals surface area contributed by atoms with E-state index in [4.69, 9.17) is 5.73 Å². The van der Waals surface area contributed by atoms with E-state index >= 15 is 0 Å². The Hall–Kier alpha value is -2.84. The summed E-state index contributed by atoms with van der Waals surface area (Å²) in [7, 11) is 0. The Morgan fingerprint density at radius 2 is 1.81 bits per heavy atom. The number of rotatable bonds is 2. The van der Waals surface area contributed by atoms with E-state index < -0.39 is 11.8 Å². The summed E-state index contributed by atoms with van der Waals surface area (Å²) in [4.78, 5) is 11.8. The fourth-order valence-corrected chi connectivity index (χ4v) is 1.66. The number of carbonyl (C=O) groups is 1. The maximum absolute atomic E-state index is 13.5. The first-order valence-electron chi connectivity index (χ1n) is 6.30. The summed E-state index contributed by atoms with van der Waals surface area (Å²) in [5, 5.41) is 5.29. The lowest BCUT2D eigenvalue weighted by Crippen LogP contribution is -2.19. The standard InChI is InChI=1S/C16H14FN3O/c17-15-9-8-14(11-12(15)5-4-10-18)20-16(21)19-13-6-2-1-3-7-13/h1-3,6-9,11H,10,18H2,(H2,19,20,21). The molecule has 2 amide bonds. The molecule has 0 saturated carbocycles. The molecule has 2 aromatic carbocycles. The van der Waals surface area contributed by atoms with Gasteiger partial charge < -0.3 is 16.4 Å². The van der Waals surface area contributed by atoms with Gasteiger partial charge in [-0.25, -0.2) is 9.18 Å². The summed E-state index contributed by atoms with van der Waals surface area (Å²) >= 11 is 0. The van der Waals surface area contributed by atoms with Crippen LogP contribution in [-0.2, 0) is 0 Å². The van der Waals surface area contributed by atoms with Crippen molar-refractivity contribution in [1.29, 1.82) is 0 Å². The van der Waals surface area contributed by atoms with Gasteiger partial charge in [0, 0.05) is 11.4 Å². The highest BCUT2D eigenvalue weighted by atomic mass is 19.1. The lowest BCUT2D eigenvalue weighted by Gasteiger charge is -2.08. The third-order valence-corrected chi connectivity index (χ3v) is 2.58. The number of halogens is 1. The highest BCUT2D eigenvalue weighted by Crippen LogP contribution is 2.14. The summed E-state index contributed by atoms with van der Waals surface area (Å²) in [6, 6.07) is 12.8. The van der Waals surface area contributed by atoms with Crippen LogP contribution >= 0.6 is 0 Å². The lowest BCUT2D eigenvalue weighted by atomic mass is 10.2. The first kappa shape index (κ1) is 14.6. The van der Waals surface area contributed by atoms with Gasteiger partial charge in [-0.05, 0) is 30.3 Å². The highest BCUT2D eigenvalue weighted by Gasteiger charge is 2.05. The van der Waals surface area contributed by atoms with Gasteiger partial charge in [0.2, 0.25) is 0 Å². The number of hydrogen-bond acceptors (Lipinski definition) is 2. The minimum Gasteiger partial charge on any atom is -0.320 e. The van der Waals surface area contributed by atoms with Gasteiger partial charge in [-0.15, -0.1) is 0 Å². The second-order valence-corrected chi connectivity index (χ2v) is 4.15. The van der Waals surface area contributed by atoms with Crippen molar-refractivity contribution in [3.63, 3.8) is 0 Å². The Kier molecular flexibility index (Phi) is 4.91. The van der Waals surface area contributed by atoms with Crippen molar-refractivity contribution in [2.45, 2.75) is 0 Å². The quantitative estimate of drug-likeness (QED) is 0.742. The topological polar surface area (TPSA) is 67.1 Å². The van der Waals surface area contributed by atoms with E-state index in [0.717, 1.165) is 0 Å². The predicted octanol–water partition coefficient (Wildman–Crippen LogP) is 2.78. The summed E-state index contributed by atoms with van der Waals surface area (Å²) in [5.74, 6) is 4.74. The van der Waals surface area contributed by atoms with Gasteiger partial charge in [0.05, 0.1) is 12.1 Å². The number of carbonyl (C=O) groups excluding carboxylic acids is 1. The molecule has 2 aromatic rings. The first-order chi connectivity index (χ1) is 10.2. The molecule has 0 aliphatic heterocycles. The van der Waals surface area contributed by atoms with E-state index in [9.17, 15) is 9.18 Å². The number of nitrogens with two attached hydrogens (primary N) is 1. The Morgan fingerprint density at radius 1 is 1.10 bits per heavy atom. The number of para-hydroxylation sites is 1. The van der Waals surface area contributed by atoms with Gasteiger partial charge in [0.15, 0.2) is 0 Å². The van der Waals surface area contributed by atoms with Crippen molar-refractivity contribution in [3.05, 3.63) is 59.9 Å². The van der Waals surface area contributed by atoms with Crippen molar-refractivity contribution in [3.8, 4) is 11.8 Å². The number of benzene rings is 2. The molecule has 21 heavy (non-hydrogen) atoms. The molecule has 4 N–H and O–H groups in total. The molecule has 2 rings (SSSR count). The molecule has 0 heterocycles.